The summed E-state index contributed by atoms with van der Waals surface area (Å²) in [6, 6.07) is 0. The predicted molar refractivity (Wildman–Crippen MR) is 58.2 cm³/mol. The highest BCUT2D eigenvalue weighted by atomic mass is 16.1. The minimum atomic E-state index is 0.445. The Morgan fingerprint density at radius 1 is 0.929 bits per heavy atom. The van der Waals surface area contributed by atoms with Crippen molar-refractivity contribution >= 4 is 5.78 Å². The van der Waals surface area contributed by atoms with Crippen molar-refractivity contribution in [3.8, 4) is 0 Å². The smallest absolute Gasteiger partial charge is 0.135 e. The van der Waals surface area contributed by atoms with Gasteiger partial charge in [0.2, 0.25) is 0 Å². The third-order valence-corrected chi connectivity index (χ3v) is 4.02. The minimum absolute atomic E-state index is 0.445. The molecule has 2 rings (SSSR count). The number of hydrogen-bond donors (Lipinski definition) is 0. The lowest BCUT2D eigenvalue weighted by Gasteiger charge is -2.17. The zero-order valence-electron chi connectivity index (χ0n) is 9.13. The van der Waals surface area contributed by atoms with Crippen molar-refractivity contribution in [2.24, 2.45) is 11.8 Å². The van der Waals surface area contributed by atoms with Gasteiger partial charge >= 0.3 is 0 Å². The number of hydrogen-bond acceptors (Lipinski definition) is 1. The van der Waals surface area contributed by atoms with E-state index in [0.29, 0.717) is 11.7 Å². The Balaban J connectivity index is 1.84. The molecule has 0 bridgehead atoms. The molecular weight excluding hydrogens is 172 g/mol. The summed E-state index contributed by atoms with van der Waals surface area (Å²) >= 11 is 0. The van der Waals surface area contributed by atoms with Crippen LogP contribution in [0, 0.1) is 11.8 Å². The Bertz CT molecular complexity index is 191. The third kappa shape index (κ3) is 2.59. The molecule has 0 amide bonds. The lowest BCUT2D eigenvalue weighted by Crippen LogP contribution is -2.15. The van der Waals surface area contributed by atoms with Gasteiger partial charge in [-0.2, -0.15) is 0 Å². The van der Waals surface area contributed by atoms with Crippen molar-refractivity contribution in [2.75, 3.05) is 0 Å². The molecule has 80 valence electrons. The van der Waals surface area contributed by atoms with Gasteiger partial charge in [-0.3, -0.25) is 4.79 Å². The van der Waals surface area contributed by atoms with E-state index < -0.39 is 0 Å². The average Bonchev–Trinajstić information content (AvgIpc) is 2.60. The molecule has 1 heteroatoms. The molecule has 2 aliphatic rings. The number of carbonyl (C=O) groups is 1. The van der Waals surface area contributed by atoms with Crippen LogP contribution in [-0.2, 0) is 4.79 Å². The summed E-state index contributed by atoms with van der Waals surface area (Å²) in [6.45, 7) is 0. The molecule has 0 radical (unpaired) electrons. The summed E-state index contributed by atoms with van der Waals surface area (Å²) in [5.41, 5.74) is 0. The van der Waals surface area contributed by atoms with Gasteiger partial charge < -0.3 is 0 Å². The Morgan fingerprint density at radius 2 is 1.64 bits per heavy atom. The SMILES string of the molecule is O=C1CCCCCC1CC1CCCC1. The van der Waals surface area contributed by atoms with E-state index in [0.717, 1.165) is 18.8 Å². The van der Waals surface area contributed by atoms with Crippen LogP contribution in [0.4, 0.5) is 0 Å². The van der Waals surface area contributed by atoms with Crippen LogP contribution >= 0.6 is 0 Å². The summed E-state index contributed by atoms with van der Waals surface area (Å²) in [5.74, 6) is 1.91. The first-order valence-corrected chi connectivity index (χ1v) is 6.39. The largest absolute Gasteiger partial charge is 0.299 e. The lowest BCUT2D eigenvalue weighted by atomic mass is 9.87. The van der Waals surface area contributed by atoms with Gasteiger partial charge in [0.25, 0.3) is 0 Å². The summed E-state index contributed by atoms with van der Waals surface area (Å²) in [4.78, 5) is 11.8. The molecule has 0 aliphatic heterocycles. The molecule has 2 saturated carbocycles. The molecule has 14 heavy (non-hydrogen) atoms. The van der Waals surface area contributed by atoms with E-state index in [1.54, 1.807) is 0 Å². The molecule has 0 aromatic rings. The highest BCUT2D eigenvalue weighted by Crippen LogP contribution is 2.33. The summed E-state index contributed by atoms with van der Waals surface area (Å²) in [7, 11) is 0. The fourth-order valence-electron chi connectivity index (χ4n) is 3.13. The maximum absolute atomic E-state index is 11.8. The highest BCUT2D eigenvalue weighted by Gasteiger charge is 2.25. The molecule has 2 aliphatic carbocycles. The Morgan fingerprint density at radius 3 is 2.43 bits per heavy atom. The van der Waals surface area contributed by atoms with Crippen LogP contribution in [0.3, 0.4) is 0 Å². The van der Waals surface area contributed by atoms with Crippen LogP contribution in [0.25, 0.3) is 0 Å². The molecule has 0 aromatic carbocycles. The van der Waals surface area contributed by atoms with Gasteiger partial charge in [0.15, 0.2) is 0 Å². The molecule has 0 aromatic heterocycles. The molecule has 1 unspecified atom stereocenters. The zero-order valence-corrected chi connectivity index (χ0v) is 9.13. The van der Waals surface area contributed by atoms with Gasteiger partial charge in [0.1, 0.15) is 5.78 Å². The second-order valence-electron chi connectivity index (χ2n) is 5.15. The van der Waals surface area contributed by atoms with E-state index in [1.165, 1.54) is 51.4 Å². The van der Waals surface area contributed by atoms with E-state index in [1.807, 2.05) is 0 Å². The number of rotatable bonds is 2. The number of carbonyl (C=O) groups excluding carboxylic acids is 1. The highest BCUT2D eigenvalue weighted by molar-refractivity contribution is 5.81. The van der Waals surface area contributed by atoms with E-state index in [-0.39, 0.29) is 0 Å². The van der Waals surface area contributed by atoms with Gasteiger partial charge in [-0.25, -0.2) is 0 Å². The van der Waals surface area contributed by atoms with Crippen molar-refractivity contribution in [3.05, 3.63) is 0 Å². The normalized spacial score (nSPS) is 30.6. The van der Waals surface area contributed by atoms with Crippen molar-refractivity contribution in [1.82, 2.24) is 0 Å². The number of Topliss-reactive ketones (excluding diaryl/α,β-unsaturated/α-hetero) is 1. The van der Waals surface area contributed by atoms with Gasteiger partial charge in [0.05, 0.1) is 0 Å². The molecular formula is C13H22O. The van der Waals surface area contributed by atoms with Crippen LogP contribution < -0.4 is 0 Å². The standard InChI is InChI=1S/C13H22O/c14-13-9-3-1-2-8-12(13)10-11-6-4-5-7-11/h11-12H,1-10H2. The molecule has 0 saturated heterocycles. The maximum Gasteiger partial charge on any atom is 0.135 e. The molecule has 0 N–H and O–H groups in total. The van der Waals surface area contributed by atoms with Crippen LogP contribution in [-0.4, -0.2) is 5.78 Å². The quantitative estimate of drug-likeness (QED) is 0.612. The Labute approximate surface area is 87.3 Å². The van der Waals surface area contributed by atoms with E-state index in [2.05, 4.69) is 0 Å². The first-order valence-electron chi connectivity index (χ1n) is 6.39. The monoisotopic (exact) mass is 194 g/mol. The molecule has 2 fully saturated rings. The molecule has 1 atom stereocenters. The van der Waals surface area contributed by atoms with Gasteiger partial charge in [-0.05, 0) is 25.2 Å². The molecule has 0 heterocycles. The van der Waals surface area contributed by atoms with E-state index >= 15 is 0 Å². The predicted octanol–water partition coefficient (Wildman–Crippen LogP) is 3.72. The number of ketones is 1. The summed E-state index contributed by atoms with van der Waals surface area (Å²) in [6.07, 6.45) is 12.6. The zero-order chi connectivity index (χ0) is 9.80. The van der Waals surface area contributed by atoms with Crippen LogP contribution in [0.15, 0.2) is 0 Å². The first-order chi connectivity index (χ1) is 6.86. The van der Waals surface area contributed by atoms with Crippen LogP contribution in [0.5, 0.6) is 0 Å². The van der Waals surface area contributed by atoms with Crippen molar-refractivity contribution < 1.29 is 4.79 Å². The van der Waals surface area contributed by atoms with Gasteiger partial charge in [-0.15, -0.1) is 0 Å². The average molecular weight is 194 g/mol. The van der Waals surface area contributed by atoms with Crippen LogP contribution in [0.2, 0.25) is 0 Å². The first kappa shape index (κ1) is 10.2. The Hall–Kier alpha value is -0.330. The lowest BCUT2D eigenvalue weighted by molar-refractivity contribution is -0.123. The van der Waals surface area contributed by atoms with Crippen molar-refractivity contribution in [2.45, 2.75) is 64.2 Å². The Kier molecular flexibility index (Phi) is 3.61. The fraction of sp³-hybridized carbons (Fsp3) is 0.923. The fourth-order valence-corrected chi connectivity index (χ4v) is 3.13. The summed E-state index contributed by atoms with van der Waals surface area (Å²) < 4.78 is 0. The van der Waals surface area contributed by atoms with Gasteiger partial charge in [0, 0.05) is 12.3 Å². The van der Waals surface area contributed by atoms with Gasteiger partial charge in [-0.1, -0.05) is 38.5 Å². The second kappa shape index (κ2) is 4.95. The third-order valence-electron chi connectivity index (χ3n) is 4.02. The van der Waals surface area contributed by atoms with E-state index in [4.69, 9.17) is 0 Å². The second-order valence-corrected chi connectivity index (χ2v) is 5.15. The van der Waals surface area contributed by atoms with Crippen molar-refractivity contribution in [1.29, 1.82) is 0 Å². The van der Waals surface area contributed by atoms with Crippen molar-refractivity contribution in [3.63, 3.8) is 0 Å². The topological polar surface area (TPSA) is 17.1 Å². The minimum Gasteiger partial charge on any atom is -0.299 e. The van der Waals surface area contributed by atoms with E-state index in [9.17, 15) is 4.79 Å². The maximum atomic E-state index is 11.8. The summed E-state index contributed by atoms with van der Waals surface area (Å²) in [5, 5.41) is 0. The van der Waals surface area contributed by atoms with Crippen LogP contribution in [0.1, 0.15) is 64.2 Å². The molecule has 1 nitrogen and oxygen atoms in total. The molecule has 0 spiro atoms.